The summed E-state index contributed by atoms with van der Waals surface area (Å²) in [5, 5.41) is 11.6. The number of carbonyl (C=O) groups is 2. The summed E-state index contributed by atoms with van der Waals surface area (Å²) in [4.78, 5) is 34.6. The third kappa shape index (κ3) is 5.13. The van der Waals surface area contributed by atoms with E-state index in [0.717, 1.165) is 25.2 Å². The lowest BCUT2D eigenvalue weighted by Crippen LogP contribution is -2.63. The molecule has 2 aromatic carbocycles. The van der Waals surface area contributed by atoms with Gasteiger partial charge in [-0.2, -0.15) is 4.31 Å². The lowest BCUT2D eigenvalue weighted by atomic mass is 10.1. The predicted molar refractivity (Wildman–Crippen MR) is 142 cm³/mol. The van der Waals surface area contributed by atoms with Crippen molar-refractivity contribution in [2.24, 2.45) is 0 Å². The van der Waals surface area contributed by atoms with E-state index in [1.165, 1.54) is 11.0 Å². The van der Waals surface area contributed by atoms with E-state index in [0.29, 0.717) is 26.2 Å². The van der Waals surface area contributed by atoms with Crippen molar-refractivity contribution in [2.75, 3.05) is 50.7 Å². The Balaban J connectivity index is 1.29. The number of urea groups is 1. The summed E-state index contributed by atoms with van der Waals surface area (Å²) in [6.45, 7) is 1.82. The van der Waals surface area contributed by atoms with Crippen LogP contribution in [0.5, 0.6) is 0 Å². The number of hydrogen-bond donors (Lipinski definition) is 1. The molecule has 0 aliphatic carbocycles. The van der Waals surface area contributed by atoms with E-state index in [2.05, 4.69) is 25.8 Å². The average molecular weight is 588 g/mol. The van der Waals surface area contributed by atoms with Gasteiger partial charge in [-0.1, -0.05) is 28.1 Å². The fourth-order valence-corrected chi connectivity index (χ4v) is 6.67. The van der Waals surface area contributed by atoms with Gasteiger partial charge in [-0.15, -0.1) is 0 Å². The zero-order valence-electron chi connectivity index (χ0n) is 19.9. The van der Waals surface area contributed by atoms with Crippen molar-refractivity contribution in [1.29, 1.82) is 0 Å². The van der Waals surface area contributed by atoms with Crippen LogP contribution in [0.3, 0.4) is 0 Å². The second-order valence-corrected chi connectivity index (χ2v) is 11.9. The molecule has 1 unspecified atom stereocenters. The largest absolute Gasteiger partial charge is 0.480 e. The van der Waals surface area contributed by atoms with Gasteiger partial charge in [-0.05, 0) is 47.2 Å². The van der Waals surface area contributed by atoms with Crippen LogP contribution in [0, 0.1) is 0 Å². The summed E-state index contributed by atoms with van der Waals surface area (Å²) in [7, 11) is -3.95. The normalized spacial score (nSPS) is 19.3. The van der Waals surface area contributed by atoms with E-state index in [9.17, 15) is 23.1 Å². The Morgan fingerprint density at radius 1 is 0.892 bits per heavy atom. The van der Waals surface area contributed by atoms with Crippen molar-refractivity contribution in [3.05, 3.63) is 65.4 Å². The van der Waals surface area contributed by atoms with Gasteiger partial charge >= 0.3 is 12.0 Å². The molecule has 2 saturated heterocycles. The molecule has 0 bridgehead atoms. The first kappa shape index (κ1) is 25.4. The Morgan fingerprint density at radius 2 is 1.57 bits per heavy atom. The maximum absolute atomic E-state index is 13.4. The molecule has 37 heavy (non-hydrogen) atoms. The summed E-state index contributed by atoms with van der Waals surface area (Å²) in [5.41, 5.74) is 1.02. The van der Waals surface area contributed by atoms with Crippen LogP contribution >= 0.6 is 15.9 Å². The van der Waals surface area contributed by atoms with Crippen LogP contribution in [0.2, 0.25) is 0 Å². The standard InChI is InChI=1S/C25H26BrN5O5S/c26-20-3-1-19-16-22(4-2-18(19)15-20)37(35,36)30-13-14-31(23(17-30)24(32)33)25(34)29-11-9-28(10-12-29)21-5-7-27-8-6-21/h1-8,15-16,23H,9-14,17H2,(H,32,33). The van der Waals surface area contributed by atoms with Gasteiger partial charge in [-0.25, -0.2) is 18.0 Å². The monoisotopic (exact) mass is 587 g/mol. The zero-order valence-corrected chi connectivity index (χ0v) is 22.3. The van der Waals surface area contributed by atoms with Crippen molar-refractivity contribution in [2.45, 2.75) is 10.9 Å². The van der Waals surface area contributed by atoms with Gasteiger partial charge in [-0.3, -0.25) is 4.98 Å². The molecule has 0 radical (unpaired) electrons. The third-order valence-electron chi connectivity index (χ3n) is 6.86. The number of aromatic nitrogens is 1. The van der Waals surface area contributed by atoms with Crippen LogP contribution in [0.15, 0.2) is 70.3 Å². The molecule has 3 aromatic rings. The lowest BCUT2D eigenvalue weighted by molar-refractivity contribution is -0.143. The van der Waals surface area contributed by atoms with Crippen molar-refractivity contribution in [3.63, 3.8) is 0 Å². The van der Waals surface area contributed by atoms with Crippen molar-refractivity contribution < 1.29 is 23.1 Å². The van der Waals surface area contributed by atoms with Gasteiger partial charge in [0.1, 0.15) is 6.04 Å². The molecule has 2 amide bonds. The van der Waals surface area contributed by atoms with Gasteiger partial charge in [0.2, 0.25) is 10.0 Å². The molecule has 2 aliphatic rings. The number of anilines is 1. The Labute approximate surface area is 223 Å². The Morgan fingerprint density at radius 3 is 2.27 bits per heavy atom. The first-order chi connectivity index (χ1) is 17.7. The van der Waals surface area contributed by atoms with E-state index < -0.39 is 22.0 Å². The Kier molecular flexibility index (Phi) is 7.06. The Bertz CT molecular complexity index is 1430. The molecule has 2 aliphatic heterocycles. The second-order valence-electron chi connectivity index (χ2n) is 9.03. The summed E-state index contributed by atoms with van der Waals surface area (Å²) >= 11 is 3.41. The van der Waals surface area contributed by atoms with E-state index in [1.807, 2.05) is 30.3 Å². The van der Waals surface area contributed by atoms with Gasteiger partial charge in [0.05, 0.1) is 4.90 Å². The molecule has 1 aromatic heterocycles. The van der Waals surface area contributed by atoms with Crippen molar-refractivity contribution in [1.82, 2.24) is 19.1 Å². The van der Waals surface area contributed by atoms with Gasteiger partial charge < -0.3 is 19.8 Å². The quantitative estimate of drug-likeness (QED) is 0.499. The third-order valence-corrected chi connectivity index (χ3v) is 9.22. The van der Waals surface area contributed by atoms with Crippen molar-refractivity contribution in [3.8, 4) is 0 Å². The predicted octanol–water partition coefficient (Wildman–Crippen LogP) is 2.70. The number of carboxylic acids is 1. The van der Waals surface area contributed by atoms with Crippen LogP contribution in [0.1, 0.15) is 0 Å². The smallest absolute Gasteiger partial charge is 0.327 e. The number of benzene rings is 2. The summed E-state index contributed by atoms with van der Waals surface area (Å²) in [5.74, 6) is -1.23. The molecule has 2 fully saturated rings. The fraction of sp³-hybridized carbons (Fsp3) is 0.320. The zero-order chi connectivity index (χ0) is 26.2. The topological polar surface area (TPSA) is 114 Å². The van der Waals surface area contributed by atoms with Crippen molar-refractivity contribution >= 4 is 54.4 Å². The average Bonchev–Trinajstić information content (AvgIpc) is 2.92. The minimum absolute atomic E-state index is 0.000126. The summed E-state index contributed by atoms with van der Waals surface area (Å²) in [6, 6.07) is 12.6. The number of nitrogens with zero attached hydrogens (tertiary/aromatic N) is 5. The number of aliphatic carboxylic acids is 1. The van der Waals surface area contributed by atoms with Crippen LogP contribution in [0.25, 0.3) is 10.8 Å². The molecule has 12 heteroatoms. The SMILES string of the molecule is O=C(O)C1CN(S(=O)(=O)c2ccc3cc(Br)ccc3c2)CCN1C(=O)N1CCN(c2ccncc2)CC1. The van der Waals surface area contributed by atoms with Gasteiger partial charge in [0.25, 0.3) is 0 Å². The number of hydrogen-bond acceptors (Lipinski definition) is 6. The highest BCUT2D eigenvalue weighted by molar-refractivity contribution is 9.10. The van der Waals surface area contributed by atoms with E-state index >= 15 is 0 Å². The first-order valence-corrected chi connectivity index (χ1v) is 14.1. The molecule has 0 spiro atoms. The molecule has 0 saturated carbocycles. The number of sulfonamides is 1. The first-order valence-electron chi connectivity index (χ1n) is 11.9. The van der Waals surface area contributed by atoms with Crippen LogP contribution in [-0.4, -0.2) is 96.5 Å². The molecule has 1 atom stereocenters. The maximum Gasteiger partial charge on any atom is 0.327 e. The number of carboxylic acid groups (broad SMARTS) is 1. The van der Waals surface area contributed by atoms with Crippen LogP contribution in [0.4, 0.5) is 10.5 Å². The fourth-order valence-electron chi connectivity index (χ4n) is 4.81. The minimum Gasteiger partial charge on any atom is -0.480 e. The maximum atomic E-state index is 13.4. The van der Waals surface area contributed by atoms with E-state index in [1.54, 1.807) is 29.4 Å². The molecular formula is C25H26BrN5O5S. The molecular weight excluding hydrogens is 562 g/mol. The van der Waals surface area contributed by atoms with Crippen LogP contribution < -0.4 is 4.90 Å². The number of halogens is 1. The second kappa shape index (κ2) is 10.3. The number of amides is 2. The number of rotatable bonds is 4. The lowest BCUT2D eigenvalue weighted by Gasteiger charge is -2.43. The molecule has 10 nitrogen and oxygen atoms in total. The molecule has 1 N–H and O–H groups in total. The summed E-state index contributed by atoms with van der Waals surface area (Å²) < 4.78 is 28.9. The van der Waals surface area contributed by atoms with Gasteiger partial charge in [0.15, 0.2) is 0 Å². The number of fused-ring (bicyclic) bond motifs is 1. The van der Waals surface area contributed by atoms with E-state index in [-0.39, 0.29) is 30.6 Å². The highest BCUT2D eigenvalue weighted by Gasteiger charge is 2.41. The highest BCUT2D eigenvalue weighted by Crippen LogP contribution is 2.27. The van der Waals surface area contributed by atoms with Crippen LogP contribution in [-0.2, 0) is 14.8 Å². The van der Waals surface area contributed by atoms with E-state index in [4.69, 9.17) is 0 Å². The Hall–Kier alpha value is -3.22. The molecule has 3 heterocycles. The number of carbonyl (C=O) groups excluding carboxylic acids is 1. The minimum atomic E-state index is -3.95. The number of piperazine rings is 2. The molecule has 5 rings (SSSR count). The highest BCUT2D eigenvalue weighted by atomic mass is 79.9. The number of pyridine rings is 1. The molecule has 194 valence electrons. The summed E-state index contributed by atoms with van der Waals surface area (Å²) in [6.07, 6.45) is 3.43. The van der Waals surface area contributed by atoms with Gasteiger partial charge in [0, 0.05) is 68.4 Å².